The summed E-state index contributed by atoms with van der Waals surface area (Å²) in [4.78, 5) is 34.6. The quantitative estimate of drug-likeness (QED) is 0.684. The minimum atomic E-state index is -1.10. The number of carboxylic acid groups (broad SMARTS) is 1. The van der Waals surface area contributed by atoms with Crippen molar-refractivity contribution in [2.24, 2.45) is 0 Å². The fourth-order valence-corrected chi connectivity index (χ4v) is 1.67. The van der Waals surface area contributed by atoms with Crippen molar-refractivity contribution in [2.45, 2.75) is 6.54 Å². The van der Waals surface area contributed by atoms with Gasteiger partial charge in [0, 0.05) is 0 Å². The summed E-state index contributed by atoms with van der Waals surface area (Å²) in [7, 11) is 0. The van der Waals surface area contributed by atoms with Crippen LogP contribution in [0.15, 0.2) is 16.7 Å². The van der Waals surface area contributed by atoms with Gasteiger partial charge in [-0.15, -0.1) is 0 Å². The van der Waals surface area contributed by atoms with Crippen LogP contribution in [0.3, 0.4) is 0 Å². The number of aromatic carboxylic acids is 1. The molecule has 1 aliphatic rings. The van der Waals surface area contributed by atoms with Crippen molar-refractivity contribution in [3.05, 3.63) is 23.7 Å². The molecule has 7 heteroatoms. The lowest BCUT2D eigenvalue weighted by atomic mass is 10.2. The van der Waals surface area contributed by atoms with E-state index in [2.05, 4.69) is 5.32 Å². The molecular formula is C10H10N2O5. The Morgan fingerprint density at radius 2 is 2.06 bits per heavy atom. The van der Waals surface area contributed by atoms with Gasteiger partial charge in [0.05, 0.1) is 25.9 Å². The number of rotatable bonds is 3. The number of hydrogen-bond acceptors (Lipinski definition) is 5. The second kappa shape index (κ2) is 4.38. The van der Waals surface area contributed by atoms with E-state index in [4.69, 9.17) is 9.52 Å². The summed E-state index contributed by atoms with van der Waals surface area (Å²) < 4.78 is 5.03. The third-order valence-electron chi connectivity index (χ3n) is 2.36. The zero-order chi connectivity index (χ0) is 12.4. The molecule has 2 amide bonds. The van der Waals surface area contributed by atoms with E-state index in [1.54, 1.807) is 0 Å². The number of amides is 2. The van der Waals surface area contributed by atoms with Gasteiger partial charge in [-0.3, -0.25) is 19.8 Å². The second-order valence-corrected chi connectivity index (χ2v) is 3.68. The van der Waals surface area contributed by atoms with Crippen LogP contribution in [0.25, 0.3) is 0 Å². The van der Waals surface area contributed by atoms with E-state index in [1.807, 2.05) is 0 Å². The fraction of sp³-hybridized carbons (Fsp3) is 0.300. The summed E-state index contributed by atoms with van der Waals surface area (Å²) in [6, 6.07) is 1.34. The number of hydrogen-bond donors (Lipinski definition) is 2. The number of furan rings is 1. The van der Waals surface area contributed by atoms with Gasteiger partial charge >= 0.3 is 5.97 Å². The number of piperazine rings is 1. The van der Waals surface area contributed by atoms with Gasteiger partial charge in [-0.25, -0.2) is 4.79 Å². The largest absolute Gasteiger partial charge is 0.478 e. The molecule has 0 radical (unpaired) electrons. The average Bonchev–Trinajstić information content (AvgIpc) is 2.63. The number of nitrogens with one attached hydrogen (secondary N) is 1. The first-order valence-corrected chi connectivity index (χ1v) is 4.91. The van der Waals surface area contributed by atoms with E-state index in [1.165, 1.54) is 17.2 Å². The molecule has 0 atom stereocenters. The van der Waals surface area contributed by atoms with E-state index in [-0.39, 0.29) is 31.0 Å². The molecule has 2 heterocycles. The van der Waals surface area contributed by atoms with Crippen molar-refractivity contribution in [1.82, 2.24) is 10.2 Å². The summed E-state index contributed by atoms with van der Waals surface area (Å²) >= 11 is 0. The van der Waals surface area contributed by atoms with E-state index in [0.717, 1.165) is 0 Å². The minimum absolute atomic E-state index is 0.0448. The van der Waals surface area contributed by atoms with Crippen molar-refractivity contribution in [2.75, 3.05) is 13.1 Å². The molecule has 0 spiro atoms. The van der Waals surface area contributed by atoms with Crippen LogP contribution in [-0.2, 0) is 16.1 Å². The van der Waals surface area contributed by atoms with Crippen LogP contribution < -0.4 is 5.32 Å². The highest BCUT2D eigenvalue weighted by Gasteiger charge is 2.25. The van der Waals surface area contributed by atoms with Crippen molar-refractivity contribution < 1.29 is 23.9 Å². The summed E-state index contributed by atoms with van der Waals surface area (Å²) in [5.74, 6) is -1.66. The number of carbonyl (C=O) groups excluding carboxylic acids is 2. The first-order valence-electron chi connectivity index (χ1n) is 4.91. The van der Waals surface area contributed by atoms with E-state index >= 15 is 0 Å². The molecule has 1 aliphatic heterocycles. The molecule has 7 nitrogen and oxygen atoms in total. The normalized spacial score (nSPS) is 16.9. The third-order valence-corrected chi connectivity index (χ3v) is 2.36. The summed E-state index contributed by atoms with van der Waals surface area (Å²) in [5, 5.41) is 11.0. The summed E-state index contributed by atoms with van der Waals surface area (Å²) in [6.07, 6.45) is 1.27. The lowest BCUT2D eigenvalue weighted by molar-refractivity contribution is -0.136. The average molecular weight is 238 g/mol. The van der Waals surface area contributed by atoms with Gasteiger partial charge in [-0.05, 0) is 6.07 Å². The van der Waals surface area contributed by atoms with Crippen LogP contribution in [-0.4, -0.2) is 40.9 Å². The molecule has 0 unspecified atom stereocenters. The Balaban J connectivity index is 2.10. The number of imide groups is 1. The van der Waals surface area contributed by atoms with Gasteiger partial charge < -0.3 is 9.52 Å². The first kappa shape index (κ1) is 11.3. The Kier molecular flexibility index (Phi) is 2.92. The molecule has 1 aromatic rings. The van der Waals surface area contributed by atoms with Gasteiger partial charge in [0.25, 0.3) is 0 Å². The number of carboxylic acids is 1. The van der Waals surface area contributed by atoms with Gasteiger partial charge in [0.2, 0.25) is 11.8 Å². The molecule has 1 saturated heterocycles. The molecule has 17 heavy (non-hydrogen) atoms. The molecular weight excluding hydrogens is 228 g/mol. The SMILES string of the molecule is O=C1CN(Cc2occc2C(=O)O)CC(=O)N1. The molecule has 0 aromatic carbocycles. The van der Waals surface area contributed by atoms with Crippen LogP contribution in [0.4, 0.5) is 0 Å². The highest BCUT2D eigenvalue weighted by Crippen LogP contribution is 2.13. The van der Waals surface area contributed by atoms with Gasteiger partial charge in [-0.2, -0.15) is 0 Å². The lowest BCUT2D eigenvalue weighted by Crippen LogP contribution is -2.50. The van der Waals surface area contributed by atoms with Crippen molar-refractivity contribution >= 4 is 17.8 Å². The minimum Gasteiger partial charge on any atom is -0.478 e. The Labute approximate surface area is 96.0 Å². The molecule has 0 bridgehead atoms. The van der Waals surface area contributed by atoms with Crippen LogP contribution >= 0.6 is 0 Å². The first-order chi connectivity index (χ1) is 8.06. The topological polar surface area (TPSA) is 99.8 Å². The third kappa shape index (κ3) is 2.51. The molecule has 2 N–H and O–H groups in total. The molecule has 0 saturated carbocycles. The van der Waals surface area contributed by atoms with Crippen LogP contribution in [0.2, 0.25) is 0 Å². The number of nitrogens with zero attached hydrogens (tertiary/aromatic N) is 1. The van der Waals surface area contributed by atoms with Crippen molar-refractivity contribution in [1.29, 1.82) is 0 Å². The molecule has 90 valence electrons. The molecule has 0 aliphatic carbocycles. The predicted octanol–water partition coefficient (Wildman–Crippen LogP) is -0.564. The van der Waals surface area contributed by atoms with E-state index < -0.39 is 17.8 Å². The van der Waals surface area contributed by atoms with Crippen LogP contribution in [0.1, 0.15) is 16.1 Å². The maximum absolute atomic E-state index is 11.1. The second-order valence-electron chi connectivity index (χ2n) is 3.68. The highest BCUT2D eigenvalue weighted by atomic mass is 16.4. The Hall–Kier alpha value is -2.15. The Morgan fingerprint density at radius 1 is 1.41 bits per heavy atom. The number of carbonyl (C=O) groups is 3. The van der Waals surface area contributed by atoms with E-state index in [9.17, 15) is 14.4 Å². The molecule has 2 rings (SSSR count). The fourth-order valence-electron chi connectivity index (χ4n) is 1.67. The highest BCUT2D eigenvalue weighted by molar-refractivity contribution is 5.99. The molecule has 1 fully saturated rings. The lowest BCUT2D eigenvalue weighted by Gasteiger charge is -2.24. The van der Waals surface area contributed by atoms with Crippen LogP contribution in [0.5, 0.6) is 0 Å². The van der Waals surface area contributed by atoms with Gasteiger partial charge in [0.1, 0.15) is 11.3 Å². The van der Waals surface area contributed by atoms with Crippen molar-refractivity contribution in [3.8, 4) is 0 Å². The maximum Gasteiger partial charge on any atom is 0.339 e. The van der Waals surface area contributed by atoms with Crippen LogP contribution in [0, 0.1) is 0 Å². The maximum atomic E-state index is 11.1. The van der Waals surface area contributed by atoms with Gasteiger partial charge in [0.15, 0.2) is 0 Å². The summed E-state index contributed by atoms with van der Waals surface area (Å²) in [6.45, 7) is 0.213. The predicted molar refractivity (Wildman–Crippen MR) is 54.1 cm³/mol. The van der Waals surface area contributed by atoms with Crippen molar-refractivity contribution in [3.63, 3.8) is 0 Å². The van der Waals surface area contributed by atoms with Gasteiger partial charge in [-0.1, -0.05) is 0 Å². The zero-order valence-corrected chi connectivity index (χ0v) is 8.80. The monoisotopic (exact) mass is 238 g/mol. The smallest absolute Gasteiger partial charge is 0.339 e. The molecule has 1 aromatic heterocycles. The standard InChI is InChI=1S/C10H10N2O5/c13-8-4-12(5-9(14)11-8)3-7-6(10(15)16)1-2-17-7/h1-2H,3-5H2,(H,15,16)(H,11,13,14). The van der Waals surface area contributed by atoms with E-state index in [0.29, 0.717) is 0 Å². The Morgan fingerprint density at radius 3 is 2.65 bits per heavy atom. The Bertz CT molecular complexity index is 463. The summed E-state index contributed by atoms with van der Waals surface area (Å²) in [5.41, 5.74) is 0.0448. The zero-order valence-electron chi connectivity index (χ0n) is 8.80.